The lowest BCUT2D eigenvalue weighted by atomic mass is 10.0. The molecule has 5 nitrogen and oxygen atoms in total. The number of hydrogen-bond acceptors (Lipinski definition) is 4. The fraction of sp³-hybridized carbons (Fsp3) is 0.316. The topological polar surface area (TPSA) is 67.8 Å². The summed E-state index contributed by atoms with van der Waals surface area (Å²) in [5.74, 6) is 0.309. The van der Waals surface area contributed by atoms with Crippen molar-refractivity contribution in [2.24, 2.45) is 5.92 Å². The van der Waals surface area contributed by atoms with Gasteiger partial charge < -0.3 is 19.9 Å². The fourth-order valence-corrected chi connectivity index (χ4v) is 2.71. The highest BCUT2D eigenvalue weighted by Gasteiger charge is 2.33. The van der Waals surface area contributed by atoms with Crippen molar-refractivity contribution in [3.05, 3.63) is 53.3 Å². The third kappa shape index (κ3) is 3.74. The summed E-state index contributed by atoms with van der Waals surface area (Å²) in [6.45, 7) is 0. The summed E-state index contributed by atoms with van der Waals surface area (Å²) in [6.07, 6.45) is 1.20. The highest BCUT2D eigenvalue weighted by Crippen LogP contribution is 2.45. The maximum absolute atomic E-state index is 13.0. The molecule has 0 unspecified atom stereocenters. The molecule has 0 radical (unpaired) electrons. The third-order valence-corrected chi connectivity index (χ3v) is 4.30. The number of aliphatic hydroxyl groups excluding tert-OH is 1. The Labute approximate surface area is 145 Å². The van der Waals surface area contributed by atoms with E-state index < -0.39 is 17.8 Å². The van der Waals surface area contributed by atoms with Crippen LogP contribution in [0.1, 0.15) is 34.9 Å². The summed E-state index contributed by atoms with van der Waals surface area (Å²) in [5.41, 5.74) is 1.35. The van der Waals surface area contributed by atoms with Crippen LogP contribution in [0.25, 0.3) is 0 Å². The van der Waals surface area contributed by atoms with Crippen molar-refractivity contribution in [3.63, 3.8) is 0 Å². The summed E-state index contributed by atoms with van der Waals surface area (Å²) in [6, 6.07) is 8.57. The molecule has 0 heterocycles. The molecular weight excluding hydrogens is 325 g/mol. The first-order valence-electron chi connectivity index (χ1n) is 8.04. The molecule has 1 saturated carbocycles. The van der Waals surface area contributed by atoms with Crippen LogP contribution in [0.2, 0.25) is 0 Å². The molecule has 132 valence electrons. The first kappa shape index (κ1) is 17.2. The van der Waals surface area contributed by atoms with Gasteiger partial charge in [0.1, 0.15) is 5.82 Å². The Morgan fingerprint density at radius 2 is 1.76 bits per heavy atom. The number of carbonyl (C=O) groups excluding carboxylic acids is 1. The van der Waals surface area contributed by atoms with E-state index in [2.05, 4.69) is 5.32 Å². The standard InChI is InChI=1S/C19H20FNO4/c1-24-16-9-14(18(22)11-3-4-11)15(10-17(16)25-2)21-19(23)12-5-7-13(20)8-6-12/h5-11,18,22H,3-4H2,1-2H3,(H,21,23)/t18-/m0/s1. The van der Waals surface area contributed by atoms with Crippen molar-refractivity contribution < 1.29 is 23.8 Å². The second-order valence-corrected chi connectivity index (χ2v) is 6.04. The molecule has 0 bridgehead atoms. The molecule has 1 aliphatic carbocycles. The zero-order valence-corrected chi connectivity index (χ0v) is 14.1. The van der Waals surface area contributed by atoms with Gasteiger partial charge in [-0.3, -0.25) is 4.79 Å². The molecule has 0 saturated heterocycles. The van der Waals surface area contributed by atoms with Gasteiger partial charge in [-0.25, -0.2) is 4.39 Å². The van der Waals surface area contributed by atoms with E-state index in [0.29, 0.717) is 28.3 Å². The minimum atomic E-state index is -0.691. The molecule has 1 amide bonds. The number of rotatable bonds is 6. The van der Waals surface area contributed by atoms with E-state index >= 15 is 0 Å². The Hall–Kier alpha value is -2.60. The van der Waals surface area contributed by atoms with Crippen molar-refractivity contribution in [2.75, 3.05) is 19.5 Å². The van der Waals surface area contributed by atoms with Crippen molar-refractivity contribution >= 4 is 11.6 Å². The number of nitrogens with one attached hydrogen (secondary N) is 1. The molecule has 0 spiro atoms. The monoisotopic (exact) mass is 345 g/mol. The van der Waals surface area contributed by atoms with Gasteiger partial charge in [-0.15, -0.1) is 0 Å². The minimum Gasteiger partial charge on any atom is -0.493 e. The Kier molecular flexibility index (Phi) is 4.90. The number of aliphatic hydroxyl groups is 1. The van der Waals surface area contributed by atoms with Crippen LogP contribution in [-0.2, 0) is 0 Å². The molecule has 2 N–H and O–H groups in total. The second-order valence-electron chi connectivity index (χ2n) is 6.04. The molecule has 1 fully saturated rings. The molecule has 2 aromatic carbocycles. The number of hydrogen-bond donors (Lipinski definition) is 2. The minimum absolute atomic E-state index is 0.180. The molecule has 3 rings (SSSR count). The van der Waals surface area contributed by atoms with Crippen molar-refractivity contribution in [3.8, 4) is 11.5 Å². The number of ether oxygens (including phenoxy) is 2. The number of anilines is 1. The summed E-state index contributed by atoms with van der Waals surface area (Å²) >= 11 is 0. The van der Waals surface area contributed by atoms with Crippen LogP contribution in [0.4, 0.5) is 10.1 Å². The Bertz CT molecular complexity index is 772. The van der Waals surface area contributed by atoms with Crippen molar-refractivity contribution in [2.45, 2.75) is 18.9 Å². The fourth-order valence-electron chi connectivity index (χ4n) is 2.71. The predicted molar refractivity (Wildman–Crippen MR) is 91.6 cm³/mol. The van der Waals surface area contributed by atoms with E-state index in [1.807, 2.05) is 0 Å². The van der Waals surface area contributed by atoms with Crippen LogP contribution in [0.5, 0.6) is 11.5 Å². The molecular formula is C19H20FNO4. The summed E-state index contributed by atoms with van der Waals surface area (Å²) in [5, 5.41) is 13.3. The molecule has 25 heavy (non-hydrogen) atoms. The summed E-state index contributed by atoms with van der Waals surface area (Å²) in [7, 11) is 3.02. The zero-order valence-electron chi connectivity index (χ0n) is 14.1. The summed E-state index contributed by atoms with van der Waals surface area (Å²) in [4.78, 5) is 12.5. The van der Waals surface area contributed by atoms with Gasteiger partial charge in [0.2, 0.25) is 0 Å². The number of benzene rings is 2. The second kappa shape index (κ2) is 7.11. The van der Waals surface area contributed by atoms with E-state index in [9.17, 15) is 14.3 Å². The number of halogens is 1. The number of amides is 1. The largest absolute Gasteiger partial charge is 0.493 e. The Morgan fingerprint density at radius 3 is 2.32 bits per heavy atom. The number of methoxy groups -OCH3 is 2. The average molecular weight is 345 g/mol. The van der Waals surface area contributed by atoms with Crippen LogP contribution in [0.3, 0.4) is 0 Å². The van der Waals surface area contributed by atoms with Crippen LogP contribution in [0, 0.1) is 11.7 Å². The van der Waals surface area contributed by atoms with Crippen LogP contribution < -0.4 is 14.8 Å². The van der Waals surface area contributed by atoms with Gasteiger partial charge in [-0.2, -0.15) is 0 Å². The van der Waals surface area contributed by atoms with Gasteiger partial charge in [-0.05, 0) is 49.1 Å². The van der Waals surface area contributed by atoms with Gasteiger partial charge in [-0.1, -0.05) is 0 Å². The maximum Gasteiger partial charge on any atom is 0.255 e. The first-order valence-corrected chi connectivity index (χ1v) is 8.04. The van der Waals surface area contributed by atoms with Crippen LogP contribution in [0.15, 0.2) is 36.4 Å². The van der Waals surface area contributed by atoms with Gasteiger partial charge in [0.05, 0.1) is 26.0 Å². The highest BCUT2D eigenvalue weighted by atomic mass is 19.1. The molecule has 1 atom stereocenters. The Balaban J connectivity index is 1.94. The molecule has 0 aliphatic heterocycles. The quantitative estimate of drug-likeness (QED) is 0.840. The van der Waals surface area contributed by atoms with E-state index in [1.165, 1.54) is 38.5 Å². The van der Waals surface area contributed by atoms with Gasteiger partial charge >= 0.3 is 0 Å². The molecule has 6 heteroatoms. The van der Waals surface area contributed by atoms with E-state index in [4.69, 9.17) is 9.47 Å². The predicted octanol–water partition coefficient (Wildman–Crippen LogP) is 3.54. The van der Waals surface area contributed by atoms with E-state index in [0.717, 1.165) is 12.8 Å². The molecule has 1 aliphatic rings. The lowest BCUT2D eigenvalue weighted by Crippen LogP contribution is -2.15. The van der Waals surface area contributed by atoms with Gasteiger partial charge in [0, 0.05) is 17.2 Å². The van der Waals surface area contributed by atoms with Crippen LogP contribution >= 0.6 is 0 Å². The third-order valence-electron chi connectivity index (χ3n) is 4.30. The Morgan fingerprint density at radius 1 is 1.16 bits per heavy atom. The van der Waals surface area contributed by atoms with Gasteiger partial charge in [0.25, 0.3) is 5.91 Å². The smallest absolute Gasteiger partial charge is 0.255 e. The average Bonchev–Trinajstić information content (AvgIpc) is 3.46. The van der Waals surface area contributed by atoms with Crippen molar-refractivity contribution in [1.29, 1.82) is 0 Å². The molecule has 2 aromatic rings. The van der Waals surface area contributed by atoms with E-state index in [-0.39, 0.29) is 5.92 Å². The first-order chi connectivity index (χ1) is 12.0. The lowest BCUT2D eigenvalue weighted by molar-refractivity contribution is 0.102. The normalized spacial score (nSPS) is 14.7. The molecule has 0 aromatic heterocycles. The zero-order chi connectivity index (χ0) is 18.0. The summed E-state index contributed by atoms with van der Waals surface area (Å²) < 4.78 is 23.6. The number of carbonyl (C=O) groups is 1. The SMILES string of the molecule is COc1cc(NC(=O)c2ccc(F)cc2)c([C@@H](O)C2CC2)cc1OC. The van der Waals surface area contributed by atoms with Crippen molar-refractivity contribution in [1.82, 2.24) is 0 Å². The van der Waals surface area contributed by atoms with Crippen LogP contribution in [-0.4, -0.2) is 25.2 Å². The lowest BCUT2D eigenvalue weighted by Gasteiger charge is -2.19. The maximum atomic E-state index is 13.0. The highest BCUT2D eigenvalue weighted by molar-refractivity contribution is 6.04. The van der Waals surface area contributed by atoms with E-state index in [1.54, 1.807) is 12.1 Å². The van der Waals surface area contributed by atoms with Gasteiger partial charge in [0.15, 0.2) is 11.5 Å².